The number of hydrogen-bond donors (Lipinski definition) is 2. The molecule has 0 aliphatic rings. The molecule has 0 bridgehead atoms. The van der Waals surface area contributed by atoms with E-state index < -0.39 is 11.8 Å². The molecule has 0 fully saturated rings. The summed E-state index contributed by atoms with van der Waals surface area (Å²) in [4.78, 5) is 48.6. The second kappa shape index (κ2) is 7.24. The van der Waals surface area contributed by atoms with Gasteiger partial charge in [-0.05, 0) is 19.1 Å². The Morgan fingerprint density at radius 2 is 1.70 bits per heavy atom. The first-order valence-corrected chi connectivity index (χ1v) is 8.19. The number of carbonyl (C=O) groups is 2. The first-order chi connectivity index (χ1) is 12.9. The normalized spacial score (nSPS) is 10.6. The molecule has 27 heavy (non-hydrogen) atoms. The molecular formula is C18H17N5O4. The van der Waals surface area contributed by atoms with Gasteiger partial charge in [0.1, 0.15) is 0 Å². The van der Waals surface area contributed by atoms with Crippen LogP contribution < -0.4 is 22.0 Å². The molecule has 0 atom stereocenters. The van der Waals surface area contributed by atoms with Crippen LogP contribution in [0.5, 0.6) is 0 Å². The zero-order valence-corrected chi connectivity index (χ0v) is 14.7. The predicted molar refractivity (Wildman–Crippen MR) is 98.3 cm³/mol. The van der Waals surface area contributed by atoms with Crippen LogP contribution in [0.1, 0.15) is 27.8 Å². The second-order valence-corrected chi connectivity index (χ2v) is 5.79. The third kappa shape index (κ3) is 3.47. The van der Waals surface area contributed by atoms with Gasteiger partial charge in [0, 0.05) is 36.8 Å². The fraction of sp³-hybridized carbons (Fsp3) is 0.167. The second-order valence-electron chi connectivity index (χ2n) is 5.79. The SMILES string of the molecule is CCn1nc(C(=O)NNC(=O)c2ccn(C)c(=O)c2)c2ccccc2c1=O. The molecule has 0 spiro atoms. The summed E-state index contributed by atoms with van der Waals surface area (Å²) >= 11 is 0. The number of aryl methyl sites for hydroxylation is 2. The molecule has 0 unspecified atom stereocenters. The van der Waals surface area contributed by atoms with Gasteiger partial charge in [-0.3, -0.25) is 30.0 Å². The van der Waals surface area contributed by atoms with Gasteiger partial charge in [0.05, 0.1) is 5.39 Å². The van der Waals surface area contributed by atoms with Crippen LogP contribution in [0.3, 0.4) is 0 Å². The maximum absolute atomic E-state index is 12.5. The average Bonchev–Trinajstić information content (AvgIpc) is 2.68. The molecule has 2 N–H and O–H groups in total. The number of rotatable bonds is 3. The highest BCUT2D eigenvalue weighted by Gasteiger charge is 2.17. The van der Waals surface area contributed by atoms with Gasteiger partial charge < -0.3 is 4.57 Å². The highest BCUT2D eigenvalue weighted by atomic mass is 16.2. The molecule has 2 amide bonds. The van der Waals surface area contributed by atoms with Crippen molar-refractivity contribution >= 4 is 22.6 Å². The quantitative estimate of drug-likeness (QED) is 0.641. The Labute approximate surface area is 153 Å². The molecule has 9 nitrogen and oxygen atoms in total. The molecule has 2 aromatic heterocycles. The number of nitrogens with zero attached hydrogens (tertiary/aromatic N) is 3. The summed E-state index contributed by atoms with van der Waals surface area (Å²) in [6, 6.07) is 9.22. The molecular weight excluding hydrogens is 350 g/mol. The van der Waals surface area contributed by atoms with Crippen molar-refractivity contribution in [3.8, 4) is 0 Å². The summed E-state index contributed by atoms with van der Waals surface area (Å²) in [6.45, 7) is 2.03. The Hall–Kier alpha value is -3.75. The third-order valence-electron chi connectivity index (χ3n) is 4.04. The Bertz CT molecular complexity index is 1160. The summed E-state index contributed by atoms with van der Waals surface area (Å²) in [5.41, 5.74) is 3.98. The molecule has 1 aromatic carbocycles. The lowest BCUT2D eigenvalue weighted by molar-refractivity contribution is 0.0843. The van der Waals surface area contributed by atoms with E-state index in [9.17, 15) is 19.2 Å². The van der Waals surface area contributed by atoms with Crippen LogP contribution in [0.2, 0.25) is 0 Å². The zero-order chi connectivity index (χ0) is 19.6. The first-order valence-electron chi connectivity index (χ1n) is 8.19. The predicted octanol–water partition coefficient (Wildman–Crippen LogP) is 0.190. The summed E-state index contributed by atoms with van der Waals surface area (Å²) in [7, 11) is 1.56. The molecule has 0 radical (unpaired) electrons. The van der Waals surface area contributed by atoms with E-state index >= 15 is 0 Å². The van der Waals surface area contributed by atoms with Gasteiger partial charge in [0.25, 0.3) is 22.9 Å². The molecule has 0 aliphatic heterocycles. The van der Waals surface area contributed by atoms with E-state index in [4.69, 9.17) is 0 Å². The van der Waals surface area contributed by atoms with Crippen molar-refractivity contribution in [3.63, 3.8) is 0 Å². The maximum atomic E-state index is 12.5. The van der Waals surface area contributed by atoms with Crippen molar-refractivity contribution in [1.29, 1.82) is 0 Å². The van der Waals surface area contributed by atoms with Gasteiger partial charge >= 0.3 is 0 Å². The zero-order valence-electron chi connectivity index (χ0n) is 14.7. The molecule has 0 aliphatic carbocycles. The van der Waals surface area contributed by atoms with E-state index in [1.807, 2.05) is 0 Å². The van der Waals surface area contributed by atoms with E-state index in [1.54, 1.807) is 38.2 Å². The minimum absolute atomic E-state index is 0.0105. The van der Waals surface area contributed by atoms with Gasteiger partial charge in [0.2, 0.25) is 0 Å². The van der Waals surface area contributed by atoms with Gasteiger partial charge in [0.15, 0.2) is 5.69 Å². The number of pyridine rings is 1. The van der Waals surface area contributed by atoms with Gasteiger partial charge in [-0.15, -0.1) is 0 Å². The van der Waals surface area contributed by atoms with Crippen LogP contribution in [0.15, 0.2) is 52.2 Å². The van der Waals surface area contributed by atoms with E-state index in [0.29, 0.717) is 17.3 Å². The molecule has 138 valence electrons. The van der Waals surface area contributed by atoms with Crippen LogP contribution in [-0.2, 0) is 13.6 Å². The molecule has 9 heteroatoms. The largest absolute Gasteiger partial charge is 0.319 e. The van der Waals surface area contributed by atoms with E-state index in [-0.39, 0.29) is 22.4 Å². The summed E-state index contributed by atoms with van der Waals surface area (Å²) < 4.78 is 2.50. The van der Waals surface area contributed by atoms with E-state index in [2.05, 4.69) is 16.0 Å². The highest BCUT2D eigenvalue weighted by molar-refractivity contribution is 6.06. The molecule has 3 aromatic rings. The number of nitrogens with one attached hydrogen (secondary N) is 2. The van der Waals surface area contributed by atoms with Crippen LogP contribution in [0.4, 0.5) is 0 Å². The van der Waals surface area contributed by atoms with Gasteiger partial charge in [-0.1, -0.05) is 18.2 Å². The van der Waals surface area contributed by atoms with Crippen LogP contribution in [0, 0.1) is 0 Å². The summed E-state index contributed by atoms with van der Waals surface area (Å²) in [5.74, 6) is -1.32. The third-order valence-corrected chi connectivity index (χ3v) is 4.04. The van der Waals surface area contributed by atoms with Gasteiger partial charge in [-0.2, -0.15) is 5.10 Å². The fourth-order valence-corrected chi connectivity index (χ4v) is 2.55. The Balaban J connectivity index is 1.87. The van der Waals surface area contributed by atoms with E-state index in [1.165, 1.54) is 21.5 Å². The summed E-state index contributed by atoms with van der Waals surface area (Å²) in [5, 5.41) is 4.82. The monoisotopic (exact) mass is 367 g/mol. The molecule has 0 saturated carbocycles. The topological polar surface area (TPSA) is 115 Å². The van der Waals surface area contributed by atoms with Crippen molar-refractivity contribution in [2.45, 2.75) is 13.5 Å². The first kappa shape index (κ1) is 18.1. The average molecular weight is 367 g/mol. The number of carbonyl (C=O) groups excluding carboxylic acids is 2. The Kier molecular flexibility index (Phi) is 4.84. The summed E-state index contributed by atoms with van der Waals surface area (Å²) in [6.07, 6.45) is 1.45. The highest BCUT2D eigenvalue weighted by Crippen LogP contribution is 2.13. The number of fused-ring (bicyclic) bond motifs is 1. The van der Waals surface area contributed by atoms with Crippen LogP contribution in [0.25, 0.3) is 10.8 Å². The molecule has 2 heterocycles. The lowest BCUT2D eigenvalue weighted by atomic mass is 10.1. The molecule has 0 saturated heterocycles. The van der Waals surface area contributed by atoms with Crippen molar-refractivity contribution in [2.75, 3.05) is 0 Å². The van der Waals surface area contributed by atoms with Crippen molar-refractivity contribution in [1.82, 2.24) is 25.2 Å². The number of amides is 2. The Morgan fingerprint density at radius 3 is 2.37 bits per heavy atom. The van der Waals surface area contributed by atoms with E-state index in [0.717, 1.165) is 6.07 Å². The van der Waals surface area contributed by atoms with Crippen molar-refractivity contribution < 1.29 is 9.59 Å². The number of hydrazine groups is 1. The standard InChI is InChI=1S/C18H17N5O4/c1-3-23-18(27)13-7-5-4-6-12(13)15(21-23)17(26)20-19-16(25)11-8-9-22(2)14(24)10-11/h4-10H,3H2,1-2H3,(H,19,25)(H,20,26). The number of benzene rings is 1. The van der Waals surface area contributed by atoms with Crippen molar-refractivity contribution in [3.05, 3.63) is 74.6 Å². The van der Waals surface area contributed by atoms with Crippen LogP contribution in [-0.4, -0.2) is 26.2 Å². The smallest absolute Gasteiger partial charge is 0.290 e. The number of aromatic nitrogens is 3. The van der Waals surface area contributed by atoms with Crippen molar-refractivity contribution in [2.24, 2.45) is 7.05 Å². The van der Waals surface area contributed by atoms with Gasteiger partial charge in [-0.25, -0.2) is 4.68 Å². The maximum Gasteiger partial charge on any atom is 0.290 e. The molecule has 3 rings (SSSR count). The fourth-order valence-electron chi connectivity index (χ4n) is 2.55. The lowest BCUT2D eigenvalue weighted by Gasteiger charge is -2.11. The Morgan fingerprint density at radius 1 is 1.04 bits per heavy atom. The minimum atomic E-state index is -0.675. The number of hydrogen-bond acceptors (Lipinski definition) is 5. The van der Waals surface area contributed by atoms with Crippen LogP contribution >= 0.6 is 0 Å². The lowest BCUT2D eigenvalue weighted by Crippen LogP contribution is -2.43. The minimum Gasteiger partial charge on any atom is -0.319 e.